The molecule has 70 heavy (non-hydrogen) atoms. The molecule has 15 nitrogen and oxygen atoms in total. The topological polar surface area (TPSA) is 233 Å². The van der Waals surface area contributed by atoms with Gasteiger partial charge >= 0.3 is 6.09 Å². The van der Waals surface area contributed by atoms with Crippen molar-refractivity contribution in [1.29, 1.82) is 0 Å². The van der Waals surface area contributed by atoms with E-state index in [0.29, 0.717) is 12.8 Å². The van der Waals surface area contributed by atoms with Crippen LogP contribution in [0.25, 0.3) is 11.1 Å². The number of rotatable bonds is 14. The molecule has 1 saturated heterocycles. The maximum absolute atomic E-state index is 14.0. The summed E-state index contributed by atoms with van der Waals surface area (Å²) < 4.78 is 19.0. The number of carbonyl (C=O) groups excluding carboxylic acids is 6. The van der Waals surface area contributed by atoms with Crippen LogP contribution in [-0.2, 0) is 44.6 Å². The number of amides is 4. The predicted molar refractivity (Wildman–Crippen MR) is 253 cm³/mol. The number of primary amides is 1. The Morgan fingerprint density at radius 2 is 1.63 bits per heavy atom. The average Bonchev–Trinajstić information content (AvgIpc) is 3.94. The van der Waals surface area contributed by atoms with Crippen LogP contribution in [0.4, 0.5) is 4.79 Å². The van der Waals surface area contributed by atoms with Crippen LogP contribution in [0, 0.1) is 34.0 Å². The average molecular weight is 953 g/mol. The molecule has 0 unspecified atom stereocenters. The van der Waals surface area contributed by atoms with Crippen molar-refractivity contribution in [2.45, 2.75) is 113 Å². The number of benzene rings is 3. The Kier molecular flexibility index (Phi) is 11.1. The number of aliphatic hydroxyl groups excluding tert-OH is 2. The quantitative estimate of drug-likeness (QED) is 0.129. The summed E-state index contributed by atoms with van der Waals surface area (Å²) in [6.07, 6.45) is 7.15. The Labute approximate surface area is 406 Å². The summed E-state index contributed by atoms with van der Waals surface area (Å²) in [7, 11) is 0. The van der Waals surface area contributed by atoms with Crippen molar-refractivity contribution in [3.05, 3.63) is 119 Å². The zero-order chi connectivity index (χ0) is 49.0. The molecule has 3 aromatic carbocycles. The normalized spacial score (nSPS) is 35.2. The van der Waals surface area contributed by atoms with Gasteiger partial charge in [0.2, 0.25) is 17.7 Å². The standard InChI is InChI=1S/C55H60N4O11/c1-51-18-17-33(61)19-32(51)15-16-38-40-20-44-55(43(63)25-60,52(40,2)23-42(62)47(38)51)70-49(69-44)31-13-11-30(12-14-31)22-53-27-54(28-53,29-53)59-48(66)41(21-45(56)64)58-46(65)24-57-50(67)68-26-39-36-9-5-3-7-34(36)35-8-4-6-10-37(35)39/h3-14,17-19,38-42,44,47,49,60,62H,15-16,20-29H2,1-2H3,(H2,56,64)(H,57,67)(H,58,65)(H,59,66)/t38-,40-,41-,42-,44+,47+,49+,51-,52-,53?,54?,55+/m0/s1. The molecular weight excluding hydrogens is 893 g/mol. The van der Waals surface area contributed by atoms with Gasteiger partial charge < -0.3 is 46.1 Å². The second kappa shape index (κ2) is 16.8. The van der Waals surface area contributed by atoms with Gasteiger partial charge in [-0.1, -0.05) is 98.3 Å². The first-order valence-corrected chi connectivity index (χ1v) is 24.7. The molecule has 3 aromatic rings. The number of nitrogens with one attached hydrogen (secondary N) is 3. The van der Waals surface area contributed by atoms with Gasteiger partial charge in [-0.2, -0.15) is 0 Å². The lowest BCUT2D eigenvalue weighted by atomic mass is 9.38. The van der Waals surface area contributed by atoms with E-state index in [0.717, 1.165) is 77.5 Å². The lowest BCUT2D eigenvalue weighted by molar-refractivity contribution is -0.201. The van der Waals surface area contributed by atoms with Gasteiger partial charge in [-0.3, -0.25) is 24.0 Å². The molecule has 4 amide bonds. The molecule has 7 fully saturated rings. The molecule has 7 N–H and O–H groups in total. The first-order valence-electron chi connectivity index (χ1n) is 24.7. The number of nitrogens with two attached hydrogens (primary N) is 1. The van der Waals surface area contributed by atoms with E-state index in [-0.39, 0.29) is 41.5 Å². The second-order valence-electron chi connectivity index (χ2n) is 22.0. The van der Waals surface area contributed by atoms with Crippen LogP contribution >= 0.6 is 0 Å². The smallest absolute Gasteiger partial charge is 0.407 e. The molecule has 6 saturated carbocycles. The van der Waals surface area contributed by atoms with Crippen LogP contribution in [-0.4, -0.2) is 94.7 Å². The van der Waals surface area contributed by atoms with E-state index in [4.69, 9.17) is 19.9 Å². The summed E-state index contributed by atoms with van der Waals surface area (Å²) in [4.78, 5) is 77.5. The van der Waals surface area contributed by atoms with E-state index in [1.165, 1.54) is 0 Å². The Bertz CT molecular complexity index is 2710. The third-order valence-corrected chi connectivity index (χ3v) is 17.9. The summed E-state index contributed by atoms with van der Waals surface area (Å²) in [5.74, 6) is -2.65. The van der Waals surface area contributed by atoms with Crippen molar-refractivity contribution in [2.75, 3.05) is 19.8 Å². The number of allylic oxidation sites excluding steroid dienone is 4. The SMILES string of the molecule is C[C@]12C=CC(=O)C=C1CC[C@@H]1[C@@H]2[C@@H](O)C[C@@]2(C)[C@H]1C[C@H]1O[C@@H](c3ccc(CC45CC(NC(=O)[C@H](CC(N)=O)NC(=O)CNC(=O)OCC6c7ccccc7-c7ccccc76)(C4)C5)cc3)O[C@]12C(=O)CO. The minimum Gasteiger partial charge on any atom is -0.449 e. The van der Waals surface area contributed by atoms with Crippen molar-refractivity contribution in [3.63, 3.8) is 0 Å². The third kappa shape index (κ3) is 7.28. The molecule has 10 atom stereocenters. The summed E-state index contributed by atoms with van der Waals surface area (Å²) in [5.41, 5.74) is 9.45. The van der Waals surface area contributed by atoms with Gasteiger partial charge in [0.1, 0.15) is 25.8 Å². The van der Waals surface area contributed by atoms with E-state index in [2.05, 4.69) is 22.9 Å². The highest BCUT2D eigenvalue weighted by Gasteiger charge is 2.76. The van der Waals surface area contributed by atoms with E-state index in [9.17, 15) is 39.0 Å². The molecule has 12 rings (SSSR count). The molecule has 366 valence electrons. The Balaban J connectivity index is 0.673. The van der Waals surface area contributed by atoms with Crippen LogP contribution in [0.2, 0.25) is 0 Å². The molecule has 1 heterocycles. The number of hydrogen-bond donors (Lipinski definition) is 6. The number of ether oxygens (including phenoxy) is 3. The molecular formula is C55H60N4O11. The number of alkyl carbamates (subject to hydrolysis) is 1. The fraction of sp³-hybridized carbons (Fsp3) is 0.491. The zero-order valence-electron chi connectivity index (χ0n) is 39.4. The van der Waals surface area contributed by atoms with Gasteiger partial charge in [-0.25, -0.2) is 4.79 Å². The molecule has 0 spiro atoms. The molecule has 2 bridgehead atoms. The number of fused-ring (bicyclic) bond motifs is 10. The first kappa shape index (κ1) is 46.4. The third-order valence-electron chi connectivity index (χ3n) is 17.9. The molecule has 0 aromatic heterocycles. The van der Waals surface area contributed by atoms with Crippen molar-refractivity contribution < 1.29 is 53.2 Å². The van der Waals surface area contributed by atoms with E-state index < -0.39 is 95.7 Å². The molecule has 8 aliphatic carbocycles. The van der Waals surface area contributed by atoms with E-state index in [1.54, 1.807) is 12.2 Å². The highest BCUT2D eigenvalue weighted by Crippen LogP contribution is 2.71. The monoisotopic (exact) mass is 952 g/mol. The fourth-order valence-electron chi connectivity index (χ4n) is 15.2. The zero-order valence-corrected chi connectivity index (χ0v) is 39.4. The fourth-order valence-corrected chi connectivity index (χ4v) is 15.2. The summed E-state index contributed by atoms with van der Waals surface area (Å²) in [5, 5.41) is 30.5. The number of carbonyl (C=O) groups is 6. The minimum absolute atomic E-state index is 0.00532. The van der Waals surface area contributed by atoms with Gasteiger partial charge in [-0.15, -0.1) is 0 Å². The summed E-state index contributed by atoms with van der Waals surface area (Å²) in [6, 6.07) is 22.6. The van der Waals surface area contributed by atoms with E-state index >= 15 is 0 Å². The largest absolute Gasteiger partial charge is 0.449 e. The van der Waals surface area contributed by atoms with Gasteiger partial charge in [0.15, 0.2) is 23.5 Å². The van der Waals surface area contributed by atoms with Gasteiger partial charge in [0.05, 0.1) is 18.6 Å². The molecule has 15 heteroatoms. The van der Waals surface area contributed by atoms with Crippen LogP contribution in [0.1, 0.15) is 99.7 Å². The number of Topliss-reactive ketones (excluding diaryl/α,β-unsaturated/α-hetero) is 1. The van der Waals surface area contributed by atoms with Crippen molar-refractivity contribution in [2.24, 2.45) is 39.7 Å². The Morgan fingerprint density at radius 1 is 0.943 bits per heavy atom. The number of ketones is 2. The van der Waals surface area contributed by atoms with Crippen LogP contribution in [0.3, 0.4) is 0 Å². The highest BCUT2D eigenvalue weighted by molar-refractivity contribution is 6.01. The second-order valence-corrected chi connectivity index (χ2v) is 22.0. The maximum atomic E-state index is 14.0. The van der Waals surface area contributed by atoms with Crippen LogP contribution in [0.15, 0.2) is 96.6 Å². The number of aliphatic hydroxyl groups is 2. The van der Waals surface area contributed by atoms with Crippen LogP contribution in [0.5, 0.6) is 0 Å². The van der Waals surface area contributed by atoms with Crippen molar-refractivity contribution in [1.82, 2.24) is 16.0 Å². The molecule has 0 radical (unpaired) electrons. The lowest BCUT2D eigenvalue weighted by Gasteiger charge is -2.71. The van der Waals surface area contributed by atoms with Crippen molar-refractivity contribution in [3.8, 4) is 11.1 Å². The Morgan fingerprint density at radius 3 is 2.30 bits per heavy atom. The first-order chi connectivity index (χ1) is 33.5. The molecule has 1 aliphatic heterocycles. The Hall–Kier alpha value is -6.00. The number of hydrogen-bond acceptors (Lipinski definition) is 11. The van der Waals surface area contributed by atoms with Crippen LogP contribution < -0.4 is 21.7 Å². The summed E-state index contributed by atoms with van der Waals surface area (Å²) in [6.45, 7) is 3.03. The summed E-state index contributed by atoms with van der Waals surface area (Å²) >= 11 is 0. The van der Waals surface area contributed by atoms with Gasteiger partial charge in [0.25, 0.3) is 0 Å². The van der Waals surface area contributed by atoms with E-state index in [1.807, 2.05) is 85.8 Å². The van der Waals surface area contributed by atoms with Gasteiger partial charge in [-0.05, 0) is 109 Å². The predicted octanol–water partition coefficient (Wildman–Crippen LogP) is 4.77. The van der Waals surface area contributed by atoms with Gasteiger partial charge in [0, 0.05) is 33.8 Å². The minimum atomic E-state index is -1.44. The highest BCUT2D eigenvalue weighted by atomic mass is 16.7. The lowest BCUT2D eigenvalue weighted by Crippen LogP contribution is -2.76. The molecule has 9 aliphatic rings. The maximum Gasteiger partial charge on any atom is 0.407 e. The van der Waals surface area contributed by atoms with Crippen molar-refractivity contribution >= 4 is 35.4 Å².